The van der Waals surface area contributed by atoms with Gasteiger partial charge >= 0.3 is 0 Å². The fourth-order valence-corrected chi connectivity index (χ4v) is 4.37. The van der Waals surface area contributed by atoms with E-state index in [0.29, 0.717) is 11.4 Å². The van der Waals surface area contributed by atoms with Crippen LogP contribution in [0.15, 0.2) is 67.0 Å². The number of pyridine rings is 1. The lowest BCUT2D eigenvalue weighted by molar-refractivity contribution is 0.102. The van der Waals surface area contributed by atoms with Gasteiger partial charge in [-0.15, -0.1) is 0 Å². The Morgan fingerprint density at radius 1 is 1.03 bits per heavy atom. The van der Waals surface area contributed by atoms with Gasteiger partial charge in [-0.1, -0.05) is 12.1 Å². The molecular weight excluding hydrogens is 438 g/mol. The second kappa shape index (κ2) is 10.7. The number of aromatic nitrogens is 3. The highest BCUT2D eigenvalue weighted by molar-refractivity contribution is 6.07. The van der Waals surface area contributed by atoms with Crippen molar-refractivity contribution in [3.8, 4) is 0 Å². The lowest BCUT2D eigenvalue weighted by Gasteiger charge is -2.32. The number of benzene rings is 2. The fourth-order valence-electron chi connectivity index (χ4n) is 4.37. The number of carbonyl (C=O) groups excluding carboxylic acids is 1. The number of carbonyl (C=O) groups is 1. The van der Waals surface area contributed by atoms with Crippen LogP contribution in [0.4, 0.5) is 17.2 Å². The Bertz CT molecular complexity index is 1280. The van der Waals surface area contributed by atoms with Gasteiger partial charge < -0.3 is 20.4 Å². The Balaban J connectivity index is 1.17. The Labute approximate surface area is 205 Å². The molecule has 5 rings (SSSR count). The largest absolute Gasteiger partial charge is 0.340 e. The smallest absolute Gasteiger partial charge is 0.259 e. The molecule has 0 unspecified atom stereocenters. The maximum atomic E-state index is 13.0. The van der Waals surface area contributed by atoms with Gasteiger partial charge in [0.1, 0.15) is 5.82 Å². The number of H-pyrrole nitrogens is 1. The lowest BCUT2D eigenvalue weighted by atomic mass is 10.1. The Morgan fingerprint density at radius 2 is 1.83 bits per heavy atom. The summed E-state index contributed by atoms with van der Waals surface area (Å²) in [5.41, 5.74) is 4.28. The average molecular weight is 470 g/mol. The molecule has 0 bridgehead atoms. The topological polar surface area (TPSA) is 89.2 Å². The van der Waals surface area contributed by atoms with Crippen molar-refractivity contribution in [2.24, 2.45) is 0 Å². The third-order valence-corrected chi connectivity index (χ3v) is 6.50. The van der Waals surface area contributed by atoms with Gasteiger partial charge in [0.15, 0.2) is 0 Å². The molecule has 35 heavy (non-hydrogen) atoms. The van der Waals surface area contributed by atoms with E-state index in [9.17, 15) is 4.79 Å². The summed E-state index contributed by atoms with van der Waals surface area (Å²) in [6.45, 7) is 5.76. The highest BCUT2D eigenvalue weighted by atomic mass is 16.1. The van der Waals surface area contributed by atoms with Gasteiger partial charge in [0.05, 0.1) is 17.3 Å². The minimum atomic E-state index is -0.203. The monoisotopic (exact) mass is 469 g/mol. The van der Waals surface area contributed by atoms with Crippen molar-refractivity contribution in [2.75, 3.05) is 50.4 Å². The normalized spacial score (nSPS) is 14.8. The first-order chi connectivity index (χ1) is 17.1. The van der Waals surface area contributed by atoms with Crippen LogP contribution in [0.25, 0.3) is 10.9 Å². The number of anilines is 3. The number of rotatable bonds is 8. The third kappa shape index (κ3) is 5.85. The molecule has 0 aliphatic carbocycles. The van der Waals surface area contributed by atoms with E-state index in [1.165, 1.54) is 5.56 Å². The number of hydrogen-bond donors (Lipinski definition) is 3. The fraction of sp³-hybridized carbons (Fsp3) is 0.296. The van der Waals surface area contributed by atoms with E-state index in [0.717, 1.165) is 67.8 Å². The summed E-state index contributed by atoms with van der Waals surface area (Å²) in [6, 6.07) is 17.5. The van der Waals surface area contributed by atoms with Crippen LogP contribution in [0.5, 0.6) is 0 Å². The highest BCUT2D eigenvalue weighted by Crippen LogP contribution is 2.23. The number of likely N-dealkylation sites (N-methyl/N-ethyl adjacent to an activating group) is 1. The summed E-state index contributed by atoms with van der Waals surface area (Å²) in [5, 5.41) is 14.3. The molecule has 3 heterocycles. The van der Waals surface area contributed by atoms with Crippen LogP contribution in [0.2, 0.25) is 0 Å². The average Bonchev–Trinajstić information content (AvgIpc) is 3.35. The molecule has 1 aliphatic rings. The number of nitrogens with one attached hydrogen (secondary N) is 3. The minimum Gasteiger partial charge on any atom is -0.340 e. The van der Waals surface area contributed by atoms with Crippen molar-refractivity contribution in [3.05, 3.63) is 78.1 Å². The Hall–Kier alpha value is -3.75. The van der Waals surface area contributed by atoms with Crippen LogP contribution >= 0.6 is 0 Å². The van der Waals surface area contributed by atoms with Crippen molar-refractivity contribution in [2.45, 2.75) is 12.8 Å². The van der Waals surface area contributed by atoms with Gasteiger partial charge in [0, 0.05) is 49.1 Å². The molecule has 1 aliphatic heterocycles. The molecule has 0 spiro atoms. The van der Waals surface area contributed by atoms with Gasteiger partial charge in [0.25, 0.3) is 5.91 Å². The second-order valence-corrected chi connectivity index (χ2v) is 9.10. The molecule has 0 atom stereocenters. The van der Waals surface area contributed by atoms with Crippen molar-refractivity contribution in [1.82, 2.24) is 25.0 Å². The maximum Gasteiger partial charge on any atom is 0.259 e. The van der Waals surface area contributed by atoms with Gasteiger partial charge in [-0.05, 0) is 74.5 Å². The van der Waals surface area contributed by atoms with Crippen LogP contribution < -0.4 is 10.6 Å². The van der Waals surface area contributed by atoms with E-state index in [1.807, 2.05) is 30.3 Å². The summed E-state index contributed by atoms with van der Waals surface area (Å²) in [6.07, 6.45) is 5.63. The molecule has 1 saturated heterocycles. The second-order valence-electron chi connectivity index (χ2n) is 9.10. The summed E-state index contributed by atoms with van der Waals surface area (Å²) >= 11 is 0. The van der Waals surface area contributed by atoms with Crippen LogP contribution in [0.3, 0.4) is 0 Å². The van der Waals surface area contributed by atoms with Crippen LogP contribution in [-0.2, 0) is 6.42 Å². The Kier molecular flexibility index (Phi) is 7.02. The molecule has 3 N–H and O–H groups in total. The molecule has 180 valence electrons. The number of fused-ring (bicyclic) bond motifs is 1. The zero-order chi connectivity index (χ0) is 24.0. The van der Waals surface area contributed by atoms with Crippen molar-refractivity contribution >= 4 is 34.0 Å². The summed E-state index contributed by atoms with van der Waals surface area (Å²) < 4.78 is 0. The van der Waals surface area contributed by atoms with Crippen LogP contribution in [0.1, 0.15) is 22.3 Å². The molecule has 2 aromatic carbocycles. The van der Waals surface area contributed by atoms with Crippen molar-refractivity contribution < 1.29 is 4.79 Å². The van der Waals surface area contributed by atoms with E-state index in [-0.39, 0.29) is 5.91 Å². The Morgan fingerprint density at radius 3 is 2.66 bits per heavy atom. The van der Waals surface area contributed by atoms with E-state index >= 15 is 0 Å². The zero-order valence-electron chi connectivity index (χ0n) is 20.0. The van der Waals surface area contributed by atoms with Gasteiger partial charge in [0.2, 0.25) is 0 Å². The SMILES string of the molecule is CN1CCN(CCCc2ccc(NC(=O)c3cccnc3Nc3ccc4cn[nH]c4c3)cc2)CC1. The van der Waals surface area contributed by atoms with Gasteiger partial charge in [-0.25, -0.2) is 4.98 Å². The van der Waals surface area contributed by atoms with Crippen LogP contribution in [-0.4, -0.2) is 70.7 Å². The molecule has 1 fully saturated rings. The molecular formula is C27H31N7O. The number of nitrogens with zero attached hydrogens (tertiary/aromatic N) is 4. The summed E-state index contributed by atoms with van der Waals surface area (Å²) in [4.78, 5) is 22.4. The van der Waals surface area contributed by atoms with Crippen LogP contribution in [0, 0.1) is 0 Å². The molecule has 2 aromatic heterocycles. The summed E-state index contributed by atoms with van der Waals surface area (Å²) in [7, 11) is 2.19. The van der Waals surface area contributed by atoms with Gasteiger partial charge in [-0.2, -0.15) is 5.10 Å². The van der Waals surface area contributed by atoms with Gasteiger partial charge in [-0.3, -0.25) is 9.89 Å². The van der Waals surface area contributed by atoms with E-state index in [1.54, 1.807) is 24.5 Å². The minimum absolute atomic E-state index is 0.203. The molecule has 0 radical (unpaired) electrons. The lowest BCUT2D eigenvalue weighted by Crippen LogP contribution is -2.44. The maximum absolute atomic E-state index is 13.0. The number of aryl methyl sites for hydroxylation is 1. The molecule has 1 amide bonds. The predicted octanol–water partition coefficient (Wildman–Crippen LogP) is 4.13. The quantitative estimate of drug-likeness (QED) is 0.360. The van der Waals surface area contributed by atoms with Crippen molar-refractivity contribution in [1.29, 1.82) is 0 Å². The predicted molar refractivity (Wildman–Crippen MR) is 140 cm³/mol. The standard InChI is InChI=1S/C27H31N7O/c1-33-14-16-34(17-15-33)13-3-4-20-6-9-22(10-7-20)31-27(35)24-5-2-12-28-26(24)30-23-11-8-21-19-29-32-25(21)18-23/h2,5-12,18-19H,3-4,13-17H2,1H3,(H,28,30)(H,29,32)(H,31,35). The molecule has 0 saturated carbocycles. The van der Waals surface area contributed by atoms with E-state index < -0.39 is 0 Å². The summed E-state index contributed by atoms with van der Waals surface area (Å²) in [5.74, 6) is 0.301. The molecule has 8 nitrogen and oxygen atoms in total. The first kappa shape index (κ1) is 23.0. The zero-order valence-corrected chi connectivity index (χ0v) is 20.0. The number of amides is 1. The molecule has 8 heteroatoms. The third-order valence-electron chi connectivity index (χ3n) is 6.50. The number of piperazine rings is 1. The number of hydrogen-bond acceptors (Lipinski definition) is 6. The van der Waals surface area contributed by atoms with E-state index in [4.69, 9.17) is 0 Å². The first-order valence-electron chi connectivity index (χ1n) is 12.1. The molecule has 4 aromatic rings. The highest BCUT2D eigenvalue weighted by Gasteiger charge is 2.14. The number of aromatic amines is 1. The van der Waals surface area contributed by atoms with E-state index in [2.05, 4.69) is 54.8 Å². The van der Waals surface area contributed by atoms with Crippen molar-refractivity contribution in [3.63, 3.8) is 0 Å². The first-order valence-corrected chi connectivity index (χ1v) is 12.1.